The summed E-state index contributed by atoms with van der Waals surface area (Å²) in [6, 6.07) is 17.1. The van der Waals surface area contributed by atoms with E-state index in [-0.39, 0.29) is 6.61 Å². The molecule has 0 amide bonds. The molecule has 0 heterocycles. The summed E-state index contributed by atoms with van der Waals surface area (Å²) >= 11 is 3.36. The Labute approximate surface area is 146 Å². The second-order valence-electron chi connectivity index (χ2n) is 5.20. The fourth-order valence-electron chi connectivity index (χ4n) is 1.90. The van der Waals surface area contributed by atoms with E-state index in [1.807, 2.05) is 49.4 Å². The van der Waals surface area contributed by atoms with Crippen LogP contribution in [0.2, 0.25) is 0 Å². The first-order chi connectivity index (χ1) is 11.0. The summed E-state index contributed by atoms with van der Waals surface area (Å²) in [5, 5.41) is 0.680. The van der Waals surface area contributed by atoms with Crippen molar-refractivity contribution in [3.63, 3.8) is 0 Å². The van der Waals surface area contributed by atoms with E-state index in [0.29, 0.717) is 17.6 Å². The van der Waals surface area contributed by atoms with Gasteiger partial charge < -0.3 is 4.52 Å². The minimum atomic E-state index is -3.43. The van der Waals surface area contributed by atoms with E-state index in [1.165, 1.54) is 0 Å². The van der Waals surface area contributed by atoms with Crippen LogP contribution in [0, 0.1) is 6.92 Å². The molecule has 0 aliphatic rings. The number of hydrogen-bond donors (Lipinski definition) is 0. The molecule has 4 nitrogen and oxygen atoms in total. The Balaban J connectivity index is 2.14. The molecule has 0 saturated carbocycles. The molecule has 2 aromatic carbocycles. The van der Waals surface area contributed by atoms with Crippen molar-refractivity contribution in [2.75, 3.05) is 18.9 Å². The minimum Gasteiger partial charge on any atom is -0.413 e. The zero-order valence-electron chi connectivity index (χ0n) is 13.3. The van der Waals surface area contributed by atoms with Gasteiger partial charge in [0, 0.05) is 11.9 Å². The molecule has 0 aliphatic heterocycles. The summed E-state index contributed by atoms with van der Waals surface area (Å²) in [6.07, 6.45) is 0. The largest absolute Gasteiger partial charge is 0.461 e. The first-order valence-electron chi connectivity index (χ1n) is 7.36. The van der Waals surface area contributed by atoms with Gasteiger partial charge in [0.15, 0.2) is 0 Å². The number of rotatable bonds is 8. The lowest BCUT2D eigenvalue weighted by Crippen LogP contribution is -2.22. The molecule has 1 unspecified atom stereocenters. The standard InChI is InChI=1S/C17H21BrNO3P/c1-15-8-10-17(11-9-15)22-23(20,19(2)13-12-18)21-14-16-6-4-3-5-7-16/h3-11H,12-14H2,1-2H3. The molecule has 0 saturated heterocycles. The third kappa shape index (κ3) is 5.47. The van der Waals surface area contributed by atoms with Gasteiger partial charge in [0.2, 0.25) is 0 Å². The maximum absolute atomic E-state index is 13.2. The van der Waals surface area contributed by atoms with Gasteiger partial charge in [-0.15, -0.1) is 0 Å². The monoisotopic (exact) mass is 397 g/mol. The van der Waals surface area contributed by atoms with Gasteiger partial charge in [0.25, 0.3) is 0 Å². The van der Waals surface area contributed by atoms with Crippen LogP contribution in [0.4, 0.5) is 0 Å². The fourth-order valence-corrected chi connectivity index (χ4v) is 4.14. The van der Waals surface area contributed by atoms with Crippen LogP contribution in [0.5, 0.6) is 5.75 Å². The maximum atomic E-state index is 13.2. The average Bonchev–Trinajstić information content (AvgIpc) is 2.56. The minimum absolute atomic E-state index is 0.233. The van der Waals surface area contributed by atoms with E-state index in [1.54, 1.807) is 23.9 Å². The Morgan fingerprint density at radius 3 is 2.35 bits per heavy atom. The van der Waals surface area contributed by atoms with Crippen molar-refractivity contribution in [1.82, 2.24) is 4.67 Å². The quantitative estimate of drug-likeness (QED) is 0.462. The Morgan fingerprint density at radius 2 is 1.74 bits per heavy atom. The number of benzene rings is 2. The van der Waals surface area contributed by atoms with E-state index < -0.39 is 7.75 Å². The molecule has 1 atom stereocenters. The van der Waals surface area contributed by atoms with E-state index >= 15 is 0 Å². The van der Waals surface area contributed by atoms with Crippen molar-refractivity contribution in [2.24, 2.45) is 0 Å². The van der Waals surface area contributed by atoms with Gasteiger partial charge in [-0.1, -0.05) is 64.0 Å². The van der Waals surface area contributed by atoms with Crippen LogP contribution in [0.1, 0.15) is 11.1 Å². The average molecular weight is 398 g/mol. The number of alkyl halides is 1. The Kier molecular flexibility index (Phi) is 6.85. The first-order valence-corrected chi connectivity index (χ1v) is 9.97. The number of aryl methyl sites for hydroxylation is 1. The third-order valence-electron chi connectivity index (χ3n) is 3.31. The summed E-state index contributed by atoms with van der Waals surface area (Å²) in [7, 11) is -1.69. The molecule has 0 bridgehead atoms. The van der Waals surface area contributed by atoms with Crippen LogP contribution in [-0.4, -0.2) is 23.6 Å². The predicted molar refractivity (Wildman–Crippen MR) is 97.1 cm³/mol. The van der Waals surface area contributed by atoms with Crippen LogP contribution in [0.15, 0.2) is 54.6 Å². The second-order valence-corrected chi connectivity index (χ2v) is 8.06. The molecule has 0 spiro atoms. The normalized spacial score (nSPS) is 13.7. The Hall–Kier alpha value is -1.13. The fraction of sp³-hybridized carbons (Fsp3) is 0.294. The van der Waals surface area contributed by atoms with Gasteiger partial charge in [-0.3, -0.25) is 4.52 Å². The molecule has 6 heteroatoms. The van der Waals surface area contributed by atoms with Crippen molar-refractivity contribution in [3.8, 4) is 5.75 Å². The predicted octanol–water partition coefficient (Wildman–Crippen LogP) is 5.03. The summed E-state index contributed by atoms with van der Waals surface area (Å²) < 4.78 is 26.2. The second kappa shape index (κ2) is 8.65. The smallest absolute Gasteiger partial charge is 0.413 e. The lowest BCUT2D eigenvalue weighted by molar-refractivity contribution is 0.213. The van der Waals surface area contributed by atoms with Crippen LogP contribution in [0.25, 0.3) is 0 Å². The SMILES string of the molecule is Cc1ccc(OP(=O)(OCc2ccccc2)N(C)CCBr)cc1. The van der Waals surface area contributed by atoms with Crippen molar-refractivity contribution >= 4 is 23.7 Å². The van der Waals surface area contributed by atoms with Crippen LogP contribution >= 0.6 is 23.7 Å². The highest BCUT2D eigenvalue weighted by Crippen LogP contribution is 2.51. The van der Waals surface area contributed by atoms with Crippen molar-refractivity contribution in [1.29, 1.82) is 0 Å². The summed E-state index contributed by atoms with van der Waals surface area (Å²) in [6.45, 7) is 2.78. The van der Waals surface area contributed by atoms with E-state index in [4.69, 9.17) is 9.05 Å². The summed E-state index contributed by atoms with van der Waals surface area (Å²) in [4.78, 5) is 0. The van der Waals surface area contributed by atoms with Crippen LogP contribution in [-0.2, 0) is 15.7 Å². The van der Waals surface area contributed by atoms with Crippen molar-refractivity contribution in [2.45, 2.75) is 13.5 Å². The summed E-state index contributed by atoms with van der Waals surface area (Å²) in [5.74, 6) is 0.536. The number of nitrogens with zero attached hydrogens (tertiary/aromatic N) is 1. The van der Waals surface area contributed by atoms with Gasteiger partial charge in [-0.25, -0.2) is 9.24 Å². The molecule has 0 N–H and O–H groups in total. The molecule has 0 fully saturated rings. The molecular formula is C17H21BrNO3P. The van der Waals surface area contributed by atoms with Crippen molar-refractivity contribution in [3.05, 3.63) is 65.7 Å². The van der Waals surface area contributed by atoms with Gasteiger partial charge in [0.05, 0.1) is 6.61 Å². The highest BCUT2D eigenvalue weighted by atomic mass is 79.9. The number of hydrogen-bond acceptors (Lipinski definition) is 3. The topological polar surface area (TPSA) is 38.8 Å². The molecule has 124 valence electrons. The van der Waals surface area contributed by atoms with E-state index in [2.05, 4.69) is 15.9 Å². The molecule has 23 heavy (non-hydrogen) atoms. The molecule has 0 radical (unpaired) electrons. The number of halogens is 1. The van der Waals surface area contributed by atoms with Gasteiger partial charge in [-0.2, -0.15) is 0 Å². The van der Waals surface area contributed by atoms with Crippen LogP contribution in [0.3, 0.4) is 0 Å². The molecule has 2 aromatic rings. The first kappa shape index (κ1) is 18.2. The van der Waals surface area contributed by atoms with Crippen LogP contribution < -0.4 is 4.52 Å². The zero-order valence-corrected chi connectivity index (χ0v) is 15.8. The van der Waals surface area contributed by atoms with Gasteiger partial charge in [0.1, 0.15) is 5.75 Å². The van der Waals surface area contributed by atoms with E-state index in [0.717, 1.165) is 11.1 Å². The molecule has 2 rings (SSSR count). The van der Waals surface area contributed by atoms with Crippen molar-refractivity contribution < 1.29 is 13.6 Å². The lowest BCUT2D eigenvalue weighted by Gasteiger charge is -2.26. The molecule has 0 aromatic heterocycles. The van der Waals surface area contributed by atoms with E-state index in [9.17, 15) is 4.57 Å². The van der Waals surface area contributed by atoms with Gasteiger partial charge in [-0.05, 0) is 31.7 Å². The molecule has 0 aliphatic carbocycles. The third-order valence-corrected chi connectivity index (χ3v) is 5.59. The Morgan fingerprint density at radius 1 is 1.09 bits per heavy atom. The highest BCUT2D eigenvalue weighted by molar-refractivity contribution is 9.09. The maximum Gasteiger partial charge on any atom is 0.461 e. The zero-order chi connectivity index (χ0) is 16.7. The Bertz CT molecular complexity index is 649. The van der Waals surface area contributed by atoms with Gasteiger partial charge >= 0.3 is 7.75 Å². The summed E-state index contributed by atoms with van der Waals surface area (Å²) in [5.41, 5.74) is 2.07. The highest BCUT2D eigenvalue weighted by Gasteiger charge is 2.32. The lowest BCUT2D eigenvalue weighted by atomic mass is 10.2. The molecular weight excluding hydrogens is 377 g/mol.